The molecule has 1 aromatic rings. The van der Waals surface area contributed by atoms with Gasteiger partial charge in [0, 0.05) is 31.4 Å². The molecule has 1 spiro atoms. The molecule has 20 heavy (non-hydrogen) atoms. The third-order valence-electron chi connectivity index (χ3n) is 4.53. The maximum Gasteiger partial charge on any atom is 0.225 e. The van der Waals surface area contributed by atoms with Gasteiger partial charge in [-0.3, -0.25) is 0 Å². The molecular formula is C14H20N4O2. The van der Waals surface area contributed by atoms with Crippen LogP contribution in [-0.4, -0.2) is 56.0 Å². The number of morpholine rings is 1. The highest BCUT2D eigenvalue weighted by Crippen LogP contribution is 2.36. The third kappa shape index (κ3) is 1.99. The van der Waals surface area contributed by atoms with E-state index in [4.69, 9.17) is 14.5 Å². The normalized spacial score (nSPS) is 29.7. The summed E-state index contributed by atoms with van der Waals surface area (Å²) in [6.45, 7) is 6.68. The Hall–Kier alpha value is -1.24. The lowest BCUT2D eigenvalue weighted by molar-refractivity contribution is 0.0549. The Balaban J connectivity index is 1.70. The maximum atomic E-state index is 5.77. The van der Waals surface area contributed by atoms with Crippen molar-refractivity contribution in [3.8, 4) is 0 Å². The Morgan fingerprint density at radius 1 is 1.25 bits per heavy atom. The zero-order valence-electron chi connectivity index (χ0n) is 11.6. The van der Waals surface area contributed by atoms with Crippen LogP contribution in [0.25, 0.3) is 0 Å². The molecule has 1 N–H and O–H groups in total. The minimum absolute atomic E-state index is 0.0531. The van der Waals surface area contributed by atoms with Gasteiger partial charge in [0.1, 0.15) is 0 Å². The van der Waals surface area contributed by atoms with Gasteiger partial charge in [-0.2, -0.15) is 0 Å². The molecule has 1 aromatic heterocycles. The number of nitrogens with one attached hydrogen (secondary N) is 1. The second kappa shape index (κ2) is 4.95. The summed E-state index contributed by atoms with van der Waals surface area (Å²) >= 11 is 0. The Morgan fingerprint density at radius 2 is 2.15 bits per heavy atom. The van der Waals surface area contributed by atoms with E-state index in [0.717, 1.165) is 63.9 Å². The highest BCUT2D eigenvalue weighted by atomic mass is 16.5. The molecule has 6 nitrogen and oxygen atoms in total. The lowest BCUT2D eigenvalue weighted by Crippen LogP contribution is -2.41. The molecule has 0 saturated carbocycles. The topological polar surface area (TPSA) is 59.5 Å². The number of hydrogen-bond donors (Lipinski definition) is 1. The standard InChI is InChI=1S/C14H20N4O2/c1-2-15-9-14(1)10-20-8-11-7-16-13(17-12(11)14)18-3-5-19-6-4-18/h7,15H,1-6,8-10H2. The Labute approximate surface area is 118 Å². The number of aromatic nitrogens is 2. The van der Waals surface area contributed by atoms with Crippen molar-refractivity contribution in [3.63, 3.8) is 0 Å². The highest BCUT2D eigenvalue weighted by molar-refractivity contribution is 5.38. The van der Waals surface area contributed by atoms with Crippen LogP contribution < -0.4 is 10.2 Å². The molecule has 2 saturated heterocycles. The average molecular weight is 276 g/mol. The van der Waals surface area contributed by atoms with E-state index in [-0.39, 0.29) is 5.41 Å². The van der Waals surface area contributed by atoms with Gasteiger partial charge in [-0.05, 0) is 13.0 Å². The summed E-state index contributed by atoms with van der Waals surface area (Å²) in [5, 5.41) is 3.45. The van der Waals surface area contributed by atoms with Gasteiger partial charge < -0.3 is 19.7 Å². The van der Waals surface area contributed by atoms with Gasteiger partial charge in [0.25, 0.3) is 0 Å². The van der Waals surface area contributed by atoms with E-state index in [2.05, 4.69) is 15.2 Å². The van der Waals surface area contributed by atoms with Crippen molar-refractivity contribution < 1.29 is 9.47 Å². The zero-order chi connectivity index (χ0) is 13.4. The zero-order valence-corrected chi connectivity index (χ0v) is 11.6. The lowest BCUT2D eigenvalue weighted by Gasteiger charge is -2.35. The Morgan fingerprint density at radius 3 is 2.95 bits per heavy atom. The van der Waals surface area contributed by atoms with E-state index in [1.807, 2.05) is 6.20 Å². The van der Waals surface area contributed by atoms with Gasteiger partial charge in [-0.1, -0.05) is 0 Å². The predicted octanol–water partition coefficient (Wildman–Crippen LogP) is 0.0745. The monoisotopic (exact) mass is 276 g/mol. The fourth-order valence-electron chi connectivity index (χ4n) is 3.37. The van der Waals surface area contributed by atoms with Gasteiger partial charge in [0.15, 0.2) is 0 Å². The minimum atomic E-state index is 0.0531. The summed E-state index contributed by atoms with van der Waals surface area (Å²) in [5.74, 6) is 0.847. The first kappa shape index (κ1) is 12.5. The van der Waals surface area contributed by atoms with Crippen LogP contribution in [0.3, 0.4) is 0 Å². The summed E-state index contributed by atoms with van der Waals surface area (Å²) < 4.78 is 11.2. The number of ether oxygens (including phenoxy) is 2. The molecule has 2 fully saturated rings. The van der Waals surface area contributed by atoms with Crippen molar-refractivity contribution in [1.29, 1.82) is 0 Å². The molecule has 4 rings (SSSR count). The van der Waals surface area contributed by atoms with Crippen LogP contribution in [0.2, 0.25) is 0 Å². The number of fused-ring (bicyclic) bond motifs is 2. The molecule has 1 unspecified atom stereocenters. The quantitative estimate of drug-likeness (QED) is 0.783. The first-order valence-electron chi connectivity index (χ1n) is 7.35. The van der Waals surface area contributed by atoms with Gasteiger partial charge in [-0.15, -0.1) is 0 Å². The van der Waals surface area contributed by atoms with Gasteiger partial charge >= 0.3 is 0 Å². The van der Waals surface area contributed by atoms with Crippen molar-refractivity contribution in [2.24, 2.45) is 0 Å². The third-order valence-corrected chi connectivity index (χ3v) is 4.53. The summed E-state index contributed by atoms with van der Waals surface area (Å²) in [7, 11) is 0. The molecule has 3 aliphatic heterocycles. The van der Waals surface area contributed by atoms with Crippen molar-refractivity contribution >= 4 is 5.95 Å². The molecule has 4 heterocycles. The van der Waals surface area contributed by atoms with Crippen LogP contribution in [-0.2, 0) is 21.5 Å². The molecular weight excluding hydrogens is 256 g/mol. The SMILES string of the molecule is c1nc(N2CCOCC2)nc2c1COCC21CCNC1. The summed E-state index contributed by atoms with van der Waals surface area (Å²) in [6.07, 6.45) is 3.05. The Bertz CT molecular complexity index is 496. The predicted molar refractivity (Wildman–Crippen MR) is 73.9 cm³/mol. The largest absolute Gasteiger partial charge is 0.378 e. The summed E-state index contributed by atoms with van der Waals surface area (Å²) in [4.78, 5) is 11.7. The average Bonchev–Trinajstić information content (AvgIpc) is 2.98. The number of hydrogen-bond acceptors (Lipinski definition) is 6. The van der Waals surface area contributed by atoms with Crippen LogP contribution in [0.4, 0.5) is 5.95 Å². The molecule has 0 aliphatic carbocycles. The fourth-order valence-corrected chi connectivity index (χ4v) is 3.37. The molecule has 0 aromatic carbocycles. The van der Waals surface area contributed by atoms with E-state index in [0.29, 0.717) is 6.61 Å². The molecule has 0 amide bonds. The first-order valence-corrected chi connectivity index (χ1v) is 7.35. The van der Waals surface area contributed by atoms with Crippen LogP contribution in [0.5, 0.6) is 0 Å². The summed E-state index contributed by atoms with van der Waals surface area (Å²) in [5.41, 5.74) is 2.40. The van der Waals surface area contributed by atoms with E-state index in [9.17, 15) is 0 Å². The maximum absolute atomic E-state index is 5.77. The molecule has 3 aliphatic rings. The number of nitrogens with zero attached hydrogens (tertiary/aromatic N) is 3. The lowest BCUT2D eigenvalue weighted by atomic mass is 9.81. The van der Waals surface area contributed by atoms with Gasteiger partial charge in [0.2, 0.25) is 5.95 Å². The molecule has 0 bridgehead atoms. The van der Waals surface area contributed by atoms with Crippen LogP contribution in [0.15, 0.2) is 6.20 Å². The smallest absolute Gasteiger partial charge is 0.225 e. The van der Waals surface area contributed by atoms with E-state index >= 15 is 0 Å². The van der Waals surface area contributed by atoms with Gasteiger partial charge in [0.05, 0.1) is 37.5 Å². The Kier molecular flexibility index (Phi) is 3.09. The van der Waals surface area contributed by atoms with E-state index in [1.165, 1.54) is 5.69 Å². The van der Waals surface area contributed by atoms with Crippen LogP contribution in [0.1, 0.15) is 17.7 Å². The van der Waals surface area contributed by atoms with Crippen LogP contribution in [0, 0.1) is 0 Å². The molecule has 108 valence electrons. The van der Waals surface area contributed by atoms with Crippen molar-refractivity contribution in [2.75, 3.05) is 50.9 Å². The molecule has 6 heteroatoms. The second-order valence-corrected chi connectivity index (χ2v) is 5.84. The molecule has 1 atom stereocenters. The van der Waals surface area contributed by atoms with E-state index < -0.39 is 0 Å². The molecule has 0 radical (unpaired) electrons. The fraction of sp³-hybridized carbons (Fsp3) is 0.714. The van der Waals surface area contributed by atoms with Crippen molar-refractivity contribution in [1.82, 2.24) is 15.3 Å². The van der Waals surface area contributed by atoms with Crippen molar-refractivity contribution in [2.45, 2.75) is 18.4 Å². The first-order chi connectivity index (χ1) is 9.87. The number of rotatable bonds is 1. The van der Waals surface area contributed by atoms with Gasteiger partial charge in [-0.25, -0.2) is 9.97 Å². The second-order valence-electron chi connectivity index (χ2n) is 5.84. The number of anilines is 1. The van der Waals surface area contributed by atoms with Crippen molar-refractivity contribution in [3.05, 3.63) is 17.5 Å². The van der Waals surface area contributed by atoms with Crippen LogP contribution >= 0.6 is 0 Å². The minimum Gasteiger partial charge on any atom is -0.378 e. The van der Waals surface area contributed by atoms with E-state index in [1.54, 1.807) is 0 Å². The summed E-state index contributed by atoms with van der Waals surface area (Å²) in [6, 6.07) is 0. The highest BCUT2D eigenvalue weighted by Gasteiger charge is 2.42.